The molecule has 162 valence electrons. The third-order valence-electron chi connectivity index (χ3n) is 6.13. The molecular formula is C25H27ClN2O2S. The summed E-state index contributed by atoms with van der Waals surface area (Å²) >= 11 is 7.38. The van der Waals surface area contributed by atoms with E-state index in [9.17, 15) is 9.59 Å². The minimum atomic E-state index is -0.258. The van der Waals surface area contributed by atoms with Gasteiger partial charge in [0.25, 0.3) is 11.8 Å². The van der Waals surface area contributed by atoms with E-state index < -0.39 is 0 Å². The molecule has 1 fully saturated rings. The monoisotopic (exact) mass is 454 g/mol. The Labute approximate surface area is 193 Å². The van der Waals surface area contributed by atoms with Gasteiger partial charge in [-0.25, -0.2) is 4.90 Å². The Kier molecular flexibility index (Phi) is 6.73. The van der Waals surface area contributed by atoms with E-state index in [2.05, 4.69) is 11.8 Å². The van der Waals surface area contributed by atoms with Crippen molar-refractivity contribution in [3.63, 3.8) is 0 Å². The second kappa shape index (κ2) is 9.49. The Morgan fingerprint density at radius 2 is 1.61 bits per heavy atom. The maximum Gasteiger partial charge on any atom is 0.283 e. The van der Waals surface area contributed by atoms with Crippen molar-refractivity contribution in [2.24, 2.45) is 0 Å². The first-order valence-corrected chi connectivity index (χ1v) is 12.1. The number of carbonyl (C=O) groups excluding carboxylic acids is 2. The van der Waals surface area contributed by atoms with Gasteiger partial charge in [-0.2, -0.15) is 0 Å². The topological polar surface area (TPSA) is 40.6 Å². The summed E-state index contributed by atoms with van der Waals surface area (Å²) in [5.41, 5.74) is 2.30. The second-order valence-electron chi connectivity index (χ2n) is 8.10. The average molecular weight is 455 g/mol. The van der Waals surface area contributed by atoms with Crippen molar-refractivity contribution >= 4 is 40.9 Å². The molecule has 0 radical (unpaired) electrons. The van der Waals surface area contributed by atoms with E-state index in [0.717, 1.165) is 37.0 Å². The summed E-state index contributed by atoms with van der Waals surface area (Å²) in [7, 11) is 1.96. The molecule has 2 amide bonds. The SMILES string of the molecule is CCc1ccc(N2C(=O)C(Sc3ccc(Cl)cc3)=C(N(C)C3CCCCC3)C2=O)cc1. The lowest BCUT2D eigenvalue weighted by Crippen LogP contribution is -2.38. The van der Waals surface area contributed by atoms with Crippen LogP contribution in [-0.4, -0.2) is 29.8 Å². The van der Waals surface area contributed by atoms with Gasteiger partial charge in [-0.15, -0.1) is 0 Å². The number of thioether (sulfide) groups is 1. The fourth-order valence-electron chi connectivity index (χ4n) is 4.29. The van der Waals surface area contributed by atoms with Gasteiger partial charge >= 0.3 is 0 Å². The minimum absolute atomic E-state index is 0.237. The summed E-state index contributed by atoms with van der Waals surface area (Å²) in [6.07, 6.45) is 6.56. The molecule has 2 aliphatic rings. The molecule has 2 aromatic rings. The highest BCUT2D eigenvalue weighted by atomic mass is 35.5. The molecule has 1 aliphatic heterocycles. The zero-order valence-electron chi connectivity index (χ0n) is 17.9. The van der Waals surface area contributed by atoms with E-state index in [1.54, 1.807) is 12.1 Å². The number of halogens is 1. The molecule has 0 aromatic heterocycles. The Bertz CT molecular complexity index is 995. The Morgan fingerprint density at radius 1 is 0.968 bits per heavy atom. The van der Waals surface area contributed by atoms with Crippen LogP contribution in [0.1, 0.15) is 44.6 Å². The lowest BCUT2D eigenvalue weighted by atomic mass is 9.94. The van der Waals surface area contributed by atoms with Gasteiger partial charge in [0.05, 0.1) is 5.69 Å². The normalized spacial score (nSPS) is 17.6. The summed E-state index contributed by atoms with van der Waals surface area (Å²) in [5, 5.41) is 0.643. The van der Waals surface area contributed by atoms with Gasteiger partial charge < -0.3 is 4.90 Å². The van der Waals surface area contributed by atoms with Crippen LogP contribution in [0.4, 0.5) is 5.69 Å². The lowest BCUT2D eigenvalue weighted by molar-refractivity contribution is -0.121. The van der Waals surface area contributed by atoms with Gasteiger partial charge in [0.2, 0.25) is 0 Å². The first kappa shape index (κ1) is 22.0. The van der Waals surface area contributed by atoms with Crippen molar-refractivity contribution in [2.75, 3.05) is 11.9 Å². The average Bonchev–Trinajstić information content (AvgIpc) is 3.04. The number of amides is 2. The van der Waals surface area contributed by atoms with E-state index in [1.807, 2.05) is 43.4 Å². The number of nitrogens with zero attached hydrogens (tertiary/aromatic N) is 2. The van der Waals surface area contributed by atoms with Crippen molar-refractivity contribution in [1.82, 2.24) is 4.90 Å². The number of likely N-dealkylation sites (N-methyl/N-ethyl adjacent to an activating group) is 1. The molecule has 1 saturated carbocycles. The van der Waals surface area contributed by atoms with E-state index in [1.165, 1.54) is 28.6 Å². The molecule has 1 aliphatic carbocycles. The summed E-state index contributed by atoms with van der Waals surface area (Å²) in [4.78, 5) is 31.8. The van der Waals surface area contributed by atoms with Crippen LogP contribution >= 0.6 is 23.4 Å². The number of rotatable bonds is 6. The molecule has 2 aromatic carbocycles. The largest absolute Gasteiger partial charge is 0.366 e. The van der Waals surface area contributed by atoms with E-state index in [4.69, 9.17) is 11.6 Å². The Hall–Kier alpha value is -2.24. The molecule has 0 N–H and O–H groups in total. The fourth-order valence-corrected chi connectivity index (χ4v) is 5.43. The molecule has 0 spiro atoms. The number of anilines is 1. The zero-order valence-corrected chi connectivity index (χ0v) is 19.5. The van der Waals surface area contributed by atoms with Gasteiger partial charge in [0, 0.05) is 23.0 Å². The molecule has 0 saturated heterocycles. The Morgan fingerprint density at radius 3 is 2.23 bits per heavy atom. The molecule has 0 unspecified atom stereocenters. The maximum atomic E-state index is 13.6. The number of carbonyl (C=O) groups is 2. The molecule has 4 rings (SSSR count). The molecule has 0 atom stereocenters. The van der Waals surface area contributed by atoms with Crippen molar-refractivity contribution in [3.8, 4) is 0 Å². The maximum absolute atomic E-state index is 13.6. The van der Waals surface area contributed by atoms with Gasteiger partial charge in [0.1, 0.15) is 10.6 Å². The molecule has 4 nitrogen and oxygen atoms in total. The smallest absolute Gasteiger partial charge is 0.283 e. The van der Waals surface area contributed by atoms with Gasteiger partial charge in [-0.1, -0.05) is 61.7 Å². The first-order chi connectivity index (χ1) is 15.0. The lowest BCUT2D eigenvalue weighted by Gasteiger charge is -2.33. The van der Waals surface area contributed by atoms with E-state index in [0.29, 0.717) is 21.3 Å². The highest BCUT2D eigenvalue weighted by Crippen LogP contribution is 2.40. The van der Waals surface area contributed by atoms with Crippen LogP contribution < -0.4 is 4.90 Å². The van der Waals surface area contributed by atoms with Crippen molar-refractivity contribution < 1.29 is 9.59 Å². The van der Waals surface area contributed by atoms with Crippen molar-refractivity contribution in [1.29, 1.82) is 0 Å². The van der Waals surface area contributed by atoms with Gasteiger partial charge in [0.15, 0.2) is 0 Å². The van der Waals surface area contributed by atoms with Crippen LogP contribution in [0.15, 0.2) is 64.0 Å². The zero-order chi connectivity index (χ0) is 22.0. The van der Waals surface area contributed by atoms with E-state index >= 15 is 0 Å². The molecule has 31 heavy (non-hydrogen) atoms. The highest BCUT2D eigenvalue weighted by Gasteiger charge is 2.43. The molecule has 6 heteroatoms. The summed E-state index contributed by atoms with van der Waals surface area (Å²) in [5.74, 6) is -0.495. The highest BCUT2D eigenvalue weighted by molar-refractivity contribution is 8.04. The quantitative estimate of drug-likeness (QED) is 0.498. The Balaban J connectivity index is 1.71. The third-order valence-corrected chi connectivity index (χ3v) is 7.46. The fraction of sp³-hybridized carbons (Fsp3) is 0.360. The number of hydrogen-bond acceptors (Lipinski definition) is 4. The number of benzene rings is 2. The van der Waals surface area contributed by atoms with Crippen LogP contribution in [0.2, 0.25) is 5.02 Å². The standard InChI is InChI=1S/C25H27ClN2O2S/c1-3-17-9-13-20(14-10-17)28-24(29)22(27(2)19-7-5-4-6-8-19)23(25(28)30)31-21-15-11-18(26)12-16-21/h9-16,19H,3-8H2,1-2H3. The van der Waals surface area contributed by atoms with Crippen molar-refractivity contribution in [3.05, 3.63) is 69.7 Å². The summed E-state index contributed by atoms with van der Waals surface area (Å²) < 4.78 is 0. The van der Waals surface area contributed by atoms with Crippen LogP contribution in [0.3, 0.4) is 0 Å². The number of imide groups is 1. The summed E-state index contributed by atoms with van der Waals surface area (Å²) in [6, 6.07) is 15.3. The van der Waals surface area contributed by atoms with Crippen molar-refractivity contribution in [2.45, 2.75) is 56.4 Å². The minimum Gasteiger partial charge on any atom is -0.366 e. The molecule has 0 bridgehead atoms. The first-order valence-electron chi connectivity index (χ1n) is 10.9. The molecular weight excluding hydrogens is 428 g/mol. The third kappa shape index (κ3) is 4.53. The van der Waals surface area contributed by atoms with Crippen LogP contribution in [-0.2, 0) is 16.0 Å². The summed E-state index contributed by atoms with van der Waals surface area (Å²) in [6.45, 7) is 2.08. The predicted molar refractivity (Wildman–Crippen MR) is 127 cm³/mol. The van der Waals surface area contributed by atoms with Crippen LogP contribution in [0.5, 0.6) is 0 Å². The van der Waals surface area contributed by atoms with Gasteiger partial charge in [-0.05, 0) is 61.2 Å². The van der Waals surface area contributed by atoms with Crippen LogP contribution in [0, 0.1) is 0 Å². The van der Waals surface area contributed by atoms with Gasteiger partial charge in [-0.3, -0.25) is 9.59 Å². The predicted octanol–water partition coefficient (Wildman–Crippen LogP) is 6.04. The second-order valence-corrected chi connectivity index (χ2v) is 9.62. The number of aryl methyl sites for hydroxylation is 1. The van der Waals surface area contributed by atoms with Crippen LogP contribution in [0.25, 0.3) is 0 Å². The molecule has 1 heterocycles. The number of hydrogen-bond donors (Lipinski definition) is 0. The van der Waals surface area contributed by atoms with E-state index in [-0.39, 0.29) is 17.9 Å².